The summed E-state index contributed by atoms with van der Waals surface area (Å²) in [7, 11) is -3.66. The smallest absolute Gasteiger partial charge is 0.270 e. The highest BCUT2D eigenvalue weighted by molar-refractivity contribution is 7.89. The Morgan fingerprint density at radius 1 is 1.35 bits per heavy atom. The molecule has 0 radical (unpaired) electrons. The van der Waals surface area contributed by atoms with E-state index in [1.54, 1.807) is 30.3 Å². The van der Waals surface area contributed by atoms with Crippen LogP contribution in [0.15, 0.2) is 41.8 Å². The van der Waals surface area contributed by atoms with Crippen molar-refractivity contribution in [3.8, 4) is 12.0 Å². The molecule has 0 fully saturated rings. The van der Waals surface area contributed by atoms with Gasteiger partial charge in [-0.1, -0.05) is 29.7 Å². The molecule has 0 spiro atoms. The number of benzene rings is 1. The molecule has 0 aliphatic rings. The number of nitrogens with zero attached hydrogens (tertiary/aromatic N) is 1. The van der Waals surface area contributed by atoms with Crippen molar-refractivity contribution in [1.82, 2.24) is 4.31 Å². The first-order chi connectivity index (χ1) is 9.52. The Bertz CT molecular complexity index is 594. The highest BCUT2D eigenvalue weighted by Gasteiger charge is 2.21. The molecule has 0 aromatic heterocycles. The van der Waals surface area contributed by atoms with Gasteiger partial charge >= 0.3 is 0 Å². The second kappa shape index (κ2) is 7.73. The molecule has 0 bridgehead atoms. The molecule has 4 nitrogen and oxygen atoms in total. The Morgan fingerprint density at radius 2 is 2.00 bits per heavy atom. The van der Waals surface area contributed by atoms with Gasteiger partial charge in [0.25, 0.3) is 10.0 Å². The fourth-order valence-electron chi connectivity index (χ4n) is 1.58. The van der Waals surface area contributed by atoms with Crippen molar-refractivity contribution in [2.45, 2.75) is 24.7 Å². The zero-order valence-electron chi connectivity index (χ0n) is 11.5. The van der Waals surface area contributed by atoms with Crippen molar-refractivity contribution in [3.63, 3.8) is 0 Å². The van der Waals surface area contributed by atoms with Gasteiger partial charge in [-0.15, -0.1) is 6.58 Å². The number of unbranched alkanes of at least 4 members (excludes halogenated alkanes) is 1. The lowest BCUT2D eigenvalue weighted by molar-refractivity contribution is 0.350. The first-order valence-electron chi connectivity index (χ1n) is 6.32. The Hall–Kier alpha value is -1.77. The highest BCUT2D eigenvalue weighted by Crippen LogP contribution is 2.16. The maximum atomic E-state index is 12.5. The van der Waals surface area contributed by atoms with E-state index in [1.165, 1.54) is 0 Å². The van der Waals surface area contributed by atoms with Crippen molar-refractivity contribution in [3.05, 3.63) is 42.5 Å². The quantitative estimate of drug-likeness (QED) is 0.377. The lowest BCUT2D eigenvalue weighted by Crippen LogP contribution is -2.27. The fourth-order valence-corrected chi connectivity index (χ4v) is 2.87. The molecule has 0 saturated heterocycles. The van der Waals surface area contributed by atoms with Gasteiger partial charge in [-0.3, -0.25) is 0 Å². The molecule has 1 N–H and O–H groups in total. The van der Waals surface area contributed by atoms with Crippen LogP contribution in [0.3, 0.4) is 0 Å². The van der Waals surface area contributed by atoms with Crippen LogP contribution in [0, 0.1) is 18.9 Å². The summed E-state index contributed by atoms with van der Waals surface area (Å²) in [5, 5.41) is 8.75. The maximum Gasteiger partial charge on any atom is 0.270 e. The van der Waals surface area contributed by atoms with Gasteiger partial charge in [-0.25, -0.2) is 12.7 Å². The van der Waals surface area contributed by atoms with E-state index in [9.17, 15) is 8.42 Å². The van der Waals surface area contributed by atoms with Gasteiger partial charge in [-0.05, 0) is 31.9 Å². The van der Waals surface area contributed by atoms with E-state index in [2.05, 4.69) is 18.5 Å². The SMILES string of the molecule is C=CCCCN(C#CCO)S(=O)(=O)c1ccc(C)cc1. The highest BCUT2D eigenvalue weighted by atomic mass is 32.2. The topological polar surface area (TPSA) is 57.6 Å². The number of allylic oxidation sites excluding steroid dienone is 1. The Balaban J connectivity index is 3.03. The number of sulfonamides is 1. The van der Waals surface area contributed by atoms with Gasteiger partial charge in [0.2, 0.25) is 0 Å². The summed E-state index contributed by atoms with van der Waals surface area (Å²) in [6.07, 6.45) is 3.07. The van der Waals surface area contributed by atoms with E-state index >= 15 is 0 Å². The van der Waals surface area contributed by atoms with E-state index < -0.39 is 10.0 Å². The molecule has 108 valence electrons. The summed E-state index contributed by atoms with van der Waals surface area (Å²) in [5.41, 5.74) is 0.989. The summed E-state index contributed by atoms with van der Waals surface area (Å²) >= 11 is 0. The lowest BCUT2D eigenvalue weighted by atomic mass is 10.2. The summed E-state index contributed by atoms with van der Waals surface area (Å²) < 4.78 is 26.0. The molecule has 0 unspecified atom stereocenters. The zero-order chi connectivity index (χ0) is 15.0. The Labute approximate surface area is 120 Å². The van der Waals surface area contributed by atoms with Gasteiger partial charge in [-0.2, -0.15) is 0 Å². The summed E-state index contributed by atoms with van der Waals surface area (Å²) in [6.45, 7) is 5.40. The molecule has 1 aromatic carbocycles. The fraction of sp³-hybridized carbons (Fsp3) is 0.333. The third-order valence-corrected chi connectivity index (χ3v) is 4.38. The van der Waals surface area contributed by atoms with Gasteiger partial charge < -0.3 is 5.11 Å². The predicted octanol–water partition coefficient (Wildman–Crippen LogP) is 1.91. The molecular formula is C15H19NO3S. The number of aliphatic hydroxyl groups excluding tert-OH is 1. The zero-order valence-corrected chi connectivity index (χ0v) is 12.4. The Morgan fingerprint density at radius 3 is 2.55 bits per heavy atom. The van der Waals surface area contributed by atoms with Crippen LogP contribution in [-0.2, 0) is 10.0 Å². The van der Waals surface area contributed by atoms with Crippen LogP contribution in [0.1, 0.15) is 18.4 Å². The Kier molecular flexibility index (Phi) is 6.29. The summed E-state index contributed by atoms with van der Waals surface area (Å²) in [6, 6.07) is 9.10. The summed E-state index contributed by atoms with van der Waals surface area (Å²) in [4.78, 5) is 0.203. The number of hydrogen-bond acceptors (Lipinski definition) is 3. The van der Waals surface area contributed by atoms with Crippen LogP contribution in [0.25, 0.3) is 0 Å². The van der Waals surface area contributed by atoms with Gasteiger partial charge in [0.1, 0.15) is 6.61 Å². The molecule has 0 saturated carbocycles. The molecule has 20 heavy (non-hydrogen) atoms. The van der Waals surface area contributed by atoms with Crippen LogP contribution in [0.2, 0.25) is 0 Å². The average molecular weight is 293 g/mol. The number of aliphatic hydroxyl groups is 1. The summed E-state index contributed by atoms with van der Waals surface area (Å²) in [5.74, 6) is 2.39. The monoisotopic (exact) mass is 293 g/mol. The molecule has 0 heterocycles. The van der Waals surface area contributed by atoms with E-state index in [1.807, 2.05) is 6.92 Å². The van der Waals surface area contributed by atoms with Crippen LogP contribution >= 0.6 is 0 Å². The molecule has 0 amide bonds. The minimum atomic E-state index is -3.66. The molecule has 5 heteroatoms. The second-order valence-corrected chi connectivity index (χ2v) is 6.13. The molecule has 1 aromatic rings. The number of rotatable bonds is 6. The maximum absolute atomic E-state index is 12.5. The molecule has 0 atom stereocenters. The third kappa shape index (κ3) is 4.41. The molecule has 0 aliphatic carbocycles. The number of aryl methyl sites for hydroxylation is 1. The number of hydrogen-bond donors (Lipinski definition) is 1. The minimum Gasteiger partial charge on any atom is -0.384 e. The average Bonchev–Trinajstić information content (AvgIpc) is 2.43. The largest absolute Gasteiger partial charge is 0.384 e. The minimum absolute atomic E-state index is 0.203. The standard InChI is InChI=1S/C15H19NO3S/c1-3-4-5-11-16(12-6-13-17)20(18,19)15-9-7-14(2)8-10-15/h3,7-10,17H,1,4-5,11,13H2,2H3. The van der Waals surface area contributed by atoms with Crippen LogP contribution in [0.4, 0.5) is 0 Å². The van der Waals surface area contributed by atoms with E-state index in [4.69, 9.17) is 5.11 Å². The van der Waals surface area contributed by atoms with Gasteiger partial charge in [0.15, 0.2) is 0 Å². The second-order valence-electron chi connectivity index (χ2n) is 4.27. The molecule has 1 rings (SSSR count). The lowest BCUT2D eigenvalue weighted by Gasteiger charge is -2.17. The normalized spacial score (nSPS) is 10.5. The van der Waals surface area contributed by atoms with E-state index in [0.717, 1.165) is 9.87 Å². The van der Waals surface area contributed by atoms with Crippen LogP contribution in [0.5, 0.6) is 0 Å². The first-order valence-corrected chi connectivity index (χ1v) is 7.76. The van der Waals surface area contributed by atoms with E-state index in [-0.39, 0.29) is 18.0 Å². The predicted molar refractivity (Wildman–Crippen MR) is 79.4 cm³/mol. The molecule has 0 aliphatic heterocycles. The van der Waals surface area contributed by atoms with Crippen molar-refractivity contribution in [2.24, 2.45) is 0 Å². The van der Waals surface area contributed by atoms with Crippen molar-refractivity contribution >= 4 is 10.0 Å². The van der Waals surface area contributed by atoms with Crippen LogP contribution < -0.4 is 0 Å². The van der Waals surface area contributed by atoms with Crippen molar-refractivity contribution in [1.29, 1.82) is 0 Å². The first kappa shape index (κ1) is 16.3. The molecular weight excluding hydrogens is 274 g/mol. The third-order valence-electron chi connectivity index (χ3n) is 2.66. The van der Waals surface area contributed by atoms with Crippen molar-refractivity contribution < 1.29 is 13.5 Å². The van der Waals surface area contributed by atoms with Gasteiger partial charge in [0.05, 0.1) is 4.90 Å². The van der Waals surface area contributed by atoms with Crippen molar-refractivity contribution in [2.75, 3.05) is 13.2 Å². The van der Waals surface area contributed by atoms with E-state index in [0.29, 0.717) is 12.8 Å². The van der Waals surface area contributed by atoms with Crippen LogP contribution in [-0.4, -0.2) is 31.0 Å². The van der Waals surface area contributed by atoms with Gasteiger partial charge in [0, 0.05) is 12.6 Å².